The van der Waals surface area contributed by atoms with Crippen molar-refractivity contribution in [2.75, 3.05) is 11.6 Å². The zero-order chi connectivity index (χ0) is 18.5. The molecule has 1 heterocycles. The highest BCUT2D eigenvalue weighted by Gasteiger charge is 2.09. The second-order valence-corrected chi connectivity index (χ2v) is 7.11. The van der Waals surface area contributed by atoms with E-state index < -0.39 is 0 Å². The fourth-order valence-corrected chi connectivity index (χ4v) is 3.02. The summed E-state index contributed by atoms with van der Waals surface area (Å²) < 4.78 is 1.23. The van der Waals surface area contributed by atoms with E-state index in [9.17, 15) is 9.59 Å². The Kier molecular flexibility index (Phi) is 5.68. The number of aromatic nitrogens is 3. The van der Waals surface area contributed by atoms with Crippen LogP contribution in [0.4, 0.5) is 5.69 Å². The van der Waals surface area contributed by atoms with Crippen LogP contribution in [0.3, 0.4) is 0 Å². The van der Waals surface area contributed by atoms with Crippen molar-refractivity contribution < 1.29 is 4.79 Å². The van der Waals surface area contributed by atoms with Gasteiger partial charge in [0.15, 0.2) is 0 Å². The van der Waals surface area contributed by atoms with Gasteiger partial charge < -0.3 is 5.32 Å². The van der Waals surface area contributed by atoms with Crippen LogP contribution in [-0.4, -0.2) is 27.2 Å². The maximum Gasteiger partial charge on any atom is 0.277 e. The molecule has 3 rings (SSSR count). The lowest BCUT2D eigenvalue weighted by Gasteiger charge is -2.11. The Hall–Kier alpha value is -2.67. The fraction of sp³-hybridized carbons (Fsp3) is 0.263. The number of anilines is 1. The summed E-state index contributed by atoms with van der Waals surface area (Å²) in [6, 6.07) is 14.8. The third-order valence-corrected chi connectivity index (χ3v) is 5.15. The highest BCUT2D eigenvalue weighted by molar-refractivity contribution is 7.98. The molecule has 0 radical (unpaired) electrons. The molecule has 134 valence electrons. The maximum absolute atomic E-state index is 12.4. The normalized spacial score (nSPS) is 12.1. The number of nitrogens with one attached hydrogen (secondary N) is 1. The summed E-state index contributed by atoms with van der Waals surface area (Å²) in [7, 11) is 0. The van der Waals surface area contributed by atoms with Crippen molar-refractivity contribution in [3.63, 3.8) is 0 Å². The van der Waals surface area contributed by atoms with Crippen molar-refractivity contribution in [3.8, 4) is 0 Å². The van der Waals surface area contributed by atoms with Gasteiger partial charge in [0.25, 0.3) is 5.56 Å². The second kappa shape index (κ2) is 8.14. The monoisotopic (exact) mass is 368 g/mol. The summed E-state index contributed by atoms with van der Waals surface area (Å²) in [6.45, 7) is 2.31. The molecule has 0 bridgehead atoms. The van der Waals surface area contributed by atoms with E-state index in [0.29, 0.717) is 16.2 Å². The van der Waals surface area contributed by atoms with Crippen LogP contribution in [0.5, 0.6) is 0 Å². The molecule has 26 heavy (non-hydrogen) atoms. The standard InChI is InChI=1S/C19H20N4O2S/c1-13(26-2)14-6-5-7-15(12-14)20-18(24)10-11-23-19(25)16-8-3-4-9-17(16)21-22-23/h3-9,12-13H,10-11H2,1-2H3,(H,20,24). The van der Waals surface area contributed by atoms with Gasteiger partial charge in [-0.05, 0) is 43.0 Å². The summed E-state index contributed by atoms with van der Waals surface area (Å²) in [5, 5.41) is 11.7. The van der Waals surface area contributed by atoms with Crippen LogP contribution >= 0.6 is 11.8 Å². The van der Waals surface area contributed by atoms with Gasteiger partial charge >= 0.3 is 0 Å². The van der Waals surface area contributed by atoms with Crippen LogP contribution in [0.1, 0.15) is 24.2 Å². The summed E-state index contributed by atoms with van der Waals surface area (Å²) in [5.41, 5.74) is 2.23. The lowest BCUT2D eigenvalue weighted by molar-refractivity contribution is -0.116. The number of amides is 1. The first-order valence-electron chi connectivity index (χ1n) is 8.33. The summed E-state index contributed by atoms with van der Waals surface area (Å²) >= 11 is 1.75. The molecule has 1 N–H and O–H groups in total. The predicted octanol–water partition coefficient (Wildman–Crippen LogP) is 3.24. The largest absolute Gasteiger partial charge is 0.326 e. The van der Waals surface area contributed by atoms with Crippen LogP contribution in [0.15, 0.2) is 53.3 Å². The first kappa shape index (κ1) is 18.1. The minimum Gasteiger partial charge on any atom is -0.326 e. The number of carbonyl (C=O) groups excluding carboxylic acids is 1. The summed E-state index contributed by atoms with van der Waals surface area (Å²) in [6.07, 6.45) is 2.20. The van der Waals surface area contributed by atoms with Crippen LogP contribution in [0, 0.1) is 0 Å². The lowest BCUT2D eigenvalue weighted by Crippen LogP contribution is -2.26. The number of rotatable bonds is 6. The van der Waals surface area contributed by atoms with E-state index in [-0.39, 0.29) is 24.4 Å². The molecule has 0 spiro atoms. The number of fused-ring (bicyclic) bond motifs is 1. The minimum atomic E-state index is -0.237. The summed E-state index contributed by atoms with van der Waals surface area (Å²) in [5.74, 6) is -0.166. The zero-order valence-corrected chi connectivity index (χ0v) is 15.5. The molecule has 6 nitrogen and oxygen atoms in total. The molecule has 1 unspecified atom stereocenters. The van der Waals surface area contributed by atoms with Crippen molar-refractivity contribution in [2.24, 2.45) is 0 Å². The van der Waals surface area contributed by atoms with Crippen LogP contribution in [0.2, 0.25) is 0 Å². The Bertz CT molecular complexity index is 986. The van der Waals surface area contributed by atoms with E-state index in [1.165, 1.54) is 4.68 Å². The van der Waals surface area contributed by atoms with E-state index in [2.05, 4.69) is 28.8 Å². The van der Waals surface area contributed by atoms with E-state index in [1.807, 2.05) is 24.3 Å². The molecule has 1 aromatic heterocycles. The molecule has 0 aliphatic rings. The Morgan fingerprint density at radius 3 is 2.85 bits per heavy atom. The average Bonchev–Trinajstić information content (AvgIpc) is 2.67. The maximum atomic E-state index is 12.4. The molecular formula is C19H20N4O2S. The van der Waals surface area contributed by atoms with Crippen molar-refractivity contribution in [2.45, 2.75) is 25.1 Å². The molecule has 3 aromatic rings. The quantitative estimate of drug-likeness (QED) is 0.723. The predicted molar refractivity (Wildman–Crippen MR) is 105 cm³/mol. The van der Waals surface area contributed by atoms with Gasteiger partial charge in [-0.25, -0.2) is 4.68 Å². The molecule has 0 aliphatic heterocycles. The average molecular weight is 368 g/mol. The van der Waals surface area contributed by atoms with Gasteiger partial charge in [0.2, 0.25) is 5.91 Å². The third kappa shape index (κ3) is 4.11. The van der Waals surface area contributed by atoms with Gasteiger partial charge in [-0.15, -0.1) is 5.10 Å². The Labute approximate surface area is 155 Å². The van der Waals surface area contributed by atoms with Gasteiger partial charge in [0.05, 0.1) is 11.9 Å². The number of nitrogens with zero attached hydrogens (tertiary/aromatic N) is 3. The van der Waals surface area contributed by atoms with Crippen LogP contribution in [-0.2, 0) is 11.3 Å². The zero-order valence-electron chi connectivity index (χ0n) is 14.7. The van der Waals surface area contributed by atoms with Crippen molar-refractivity contribution >= 4 is 34.3 Å². The number of carbonyl (C=O) groups is 1. The highest BCUT2D eigenvalue weighted by atomic mass is 32.2. The van der Waals surface area contributed by atoms with Gasteiger partial charge in [-0.1, -0.05) is 29.5 Å². The first-order chi connectivity index (χ1) is 12.6. The number of benzene rings is 2. The molecule has 7 heteroatoms. The Balaban J connectivity index is 1.66. The van der Waals surface area contributed by atoms with Crippen molar-refractivity contribution in [3.05, 3.63) is 64.4 Å². The number of aryl methyl sites for hydroxylation is 1. The fourth-order valence-electron chi connectivity index (χ4n) is 2.61. The SMILES string of the molecule is CSC(C)c1cccc(NC(=O)CCn2nnc3ccccc3c2=O)c1. The van der Waals surface area contributed by atoms with E-state index >= 15 is 0 Å². The third-order valence-electron chi connectivity index (χ3n) is 4.17. The van der Waals surface area contributed by atoms with Crippen molar-refractivity contribution in [1.82, 2.24) is 15.0 Å². The smallest absolute Gasteiger partial charge is 0.277 e. The Morgan fingerprint density at radius 1 is 1.23 bits per heavy atom. The van der Waals surface area contributed by atoms with Gasteiger partial charge in [-0.3, -0.25) is 9.59 Å². The van der Waals surface area contributed by atoms with Crippen LogP contribution in [0.25, 0.3) is 10.9 Å². The van der Waals surface area contributed by atoms with E-state index in [4.69, 9.17) is 0 Å². The van der Waals surface area contributed by atoms with Crippen molar-refractivity contribution in [1.29, 1.82) is 0 Å². The minimum absolute atomic E-state index is 0.148. The molecule has 1 amide bonds. The summed E-state index contributed by atoms with van der Waals surface area (Å²) in [4.78, 5) is 24.6. The number of hydrogen-bond donors (Lipinski definition) is 1. The molecular weight excluding hydrogens is 348 g/mol. The first-order valence-corrected chi connectivity index (χ1v) is 9.62. The Morgan fingerprint density at radius 2 is 2.04 bits per heavy atom. The molecule has 0 saturated heterocycles. The molecule has 0 saturated carbocycles. The molecule has 2 aromatic carbocycles. The van der Waals surface area contributed by atoms with Gasteiger partial charge in [-0.2, -0.15) is 11.8 Å². The topological polar surface area (TPSA) is 76.9 Å². The van der Waals surface area contributed by atoms with E-state index in [1.54, 1.807) is 36.0 Å². The molecule has 1 atom stereocenters. The van der Waals surface area contributed by atoms with Gasteiger partial charge in [0.1, 0.15) is 5.52 Å². The second-order valence-electron chi connectivity index (χ2n) is 5.94. The number of hydrogen-bond acceptors (Lipinski definition) is 5. The molecule has 0 aliphatic carbocycles. The van der Waals surface area contributed by atoms with Crippen LogP contribution < -0.4 is 10.9 Å². The lowest BCUT2D eigenvalue weighted by atomic mass is 10.1. The number of thioether (sulfide) groups is 1. The highest BCUT2D eigenvalue weighted by Crippen LogP contribution is 2.27. The van der Waals surface area contributed by atoms with E-state index in [0.717, 1.165) is 11.3 Å². The molecule has 0 fully saturated rings. The van der Waals surface area contributed by atoms with Gasteiger partial charge in [0, 0.05) is 17.4 Å².